The van der Waals surface area contributed by atoms with Gasteiger partial charge in [-0.3, -0.25) is 0 Å². The fraction of sp³-hybridized carbons (Fsp3) is 0.714. The molecule has 0 saturated heterocycles. The average Bonchev–Trinajstić information content (AvgIpc) is 2.59. The lowest BCUT2D eigenvalue weighted by atomic mass is 9.80. The molecule has 0 unspecified atom stereocenters. The van der Waals surface area contributed by atoms with E-state index in [2.05, 4.69) is 52.0 Å². The molecule has 0 spiro atoms. The van der Waals surface area contributed by atoms with Gasteiger partial charge in [-0.05, 0) is 41.5 Å². The minimum absolute atomic E-state index is 0.600. The summed E-state index contributed by atoms with van der Waals surface area (Å²) in [5.41, 5.74) is 3.40. The molecule has 1 aromatic heterocycles. The van der Waals surface area contributed by atoms with E-state index in [0.29, 0.717) is 22.1 Å². The Labute approximate surface area is 118 Å². The molecular formula is C14H28BNO2Si. The van der Waals surface area contributed by atoms with E-state index in [1.54, 1.807) is 0 Å². The Hall–Kier alpha value is -0.518. The molecule has 0 aliphatic rings. The van der Waals surface area contributed by atoms with Crippen molar-refractivity contribution in [3.63, 3.8) is 0 Å². The Bertz CT molecular complexity index is 405. The molecule has 0 atom stereocenters. The summed E-state index contributed by atoms with van der Waals surface area (Å²) in [7, 11) is -3.14. The molecule has 2 N–H and O–H groups in total. The van der Waals surface area contributed by atoms with Gasteiger partial charge in [0.15, 0.2) is 8.24 Å². The minimum Gasteiger partial charge on any atom is -0.423 e. The van der Waals surface area contributed by atoms with Gasteiger partial charge in [0.2, 0.25) is 0 Å². The molecule has 5 heteroatoms. The van der Waals surface area contributed by atoms with Crippen molar-refractivity contribution in [2.75, 3.05) is 0 Å². The highest BCUT2D eigenvalue weighted by Gasteiger charge is 2.45. The lowest BCUT2D eigenvalue weighted by Crippen LogP contribution is -2.51. The molecule has 1 aromatic rings. The maximum absolute atomic E-state index is 9.46. The fourth-order valence-electron chi connectivity index (χ4n) is 3.96. The van der Waals surface area contributed by atoms with E-state index in [4.69, 9.17) is 0 Å². The van der Waals surface area contributed by atoms with Gasteiger partial charge >= 0.3 is 7.12 Å². The van der Waals surface area contributed by atoms with E-state index in [1.165, 1.54) is 0 Å². The molecule has 0 fully saturated rings. The van der Waals surface area contributed by atoms with E-state index in [9.17, 15) is 10.0 Å². The number of nitrogens with zero attached hydrogens (tertiary/aromatic N) is 1. The molecule has 19 heavy (non-hydrogen) atoms. The van der Waals surface area contributed by atoms with Crippen molar-refractivity contribution in [1.29, 1.82) is 0 Å². The molecule has 3 nitrogen and oxygen atoms in total. The van der Waals surface area contributed by atoms with Crippen LogP contribution in [0.1, 0.15) is 47.1 Å². The second kappa shape index (κ2) is 5.85. The van der Waals surface area contributed by atoms with Crippen LogP contribution in [0.15, 0.2) is 12.4 Å². The van der Waals surface area contributed by atoms with Gasteiger partial charge < -0.3 is 14.3 Å². The summed E-state index contributed by atoms with van der Waals surface area (Å²) >= 11 is 0. The van der Waals surface area contributed by atoms with Crippen LogP contribution in [0, 0.1) is 6.92 Å². The van der Waals surface area contributed by atoms with Gasteiger partial charge in [-0.25, -0.2) is 0 Å². The van der Waals surface area contributed by atoms with Gasteiger partial charge in [0.1, 0.15) is 0 Å². The summed E-state index contributed by atoms with van der Waals surface area (Å²) in [5.74, 6) is 0. The molecular weight excluding hydrogens is 253 g/mol. The van der Waals surface area contributed by atoms with Crippen LogP contribution in [0.5, 0.6) is 0 Å². The van der Waals surface area contributed by atoms with Crippen LogP contribution in [-0.4, -0.2) is 29.6 Å². The number of rotatable bonds is 5. The van der Waals surface area contributed by atoms with Gasteiger partial charge in [0.25, 0.3) is 0 Å². The van der Waals surface area contributed by atoms with Crippen LogP contribution >= 0.6 is 0 Å². The first kappa shape index (κ1) is 16.5. The molecule has 108 valence electrons. The Morgan fingerprint density at radius 2 is 1.37 bits per heavy atom. The predicted octanol–water partition coefficient (Wildman–Crippen LogP) is 2.50. The standard InChI is InChI=1S/C14H28BNO2Si/c1-10(2)19(11(3)4,12(5)6)16-8-13(7)14(9-16)15(17)18/h8-12,17-18H,1-7H3. The third-order valence-electron chi connectivity index (χ3n) is 4.57. The van der Waals surface area contributed by atoms with Gasteiger partial charge in [-0.1, -0.05) is 41.5 Å². The second-order valence-electron chi connectivity index (χ2n) is 6.53. The minimum atomic E-state index is -1.77. The molecule has 1 rings (SSSR count). The summed E-state index contributed by atoms with van der Waals surface area (Å²) in [6.45, 7) is 15.8. The number of hydrogen-bond acceptors (Lipinski definition) is 2. The summed E-state index contributed by atoms with van der Waals surface area (Å²) in [4.78, 5) is 0. The van der Waals surface area contributed by atoms with Crippen LogP contribution in [-0.2, 0) is 0 Å². The molecule has 1 heterocycles. The third kappa shape index (κ3) is 2.69. The largest absolute Gasteiger partial charge is 0.490 e. The van der Waals surface area contributed by atoms with E-state index < -0.39 is 15.4 Å². The average molecular weight is 281 g/mol. The van der Waals surface area contributed by atoms with Crippen LogP contribution < -0.4 is 5.46 Å². The lowest BCUT2D eigenvalue weighted by molar-refractivity contribution is 0.425. The Morgan fingerprint density at radius 1 is 0.947 bits per heavy atom. The van der Waals surface area contributed by atoms with Crippen molar-refractivity contribution in [2.24, 2.45) is 0 Å². The van der Waals surface area contributed by atoms with E-state index in [-0.39, 0.29) is 0 Å². The molecule has 0 amide bonds. The van der Waals surface area contributed by atoms with Gasteiger partial charge in [-0.15, -0.1) is 0 Å². The molecule has 0 bridgehead atoms. The molecule has 0 radical (unpaired) electrons. The van der Waals surface area contributed by atoms with Crippen molar-refractivity contribution in [3.8, 4) is 0 Å². The molecule has 0 saturated carbocycles. The van der Waals surface area contributed by atoms with Crippen molar-refractivity contribution in [2.45, 2.75) is 65.1 Å². The van der Waals surface area contributed by atoms with E-state index in [1.807, 2.05) is 13.1 Å². The lowest BCUT2D eigenvalue weighted by Gasteiger charge is -2.44. The topological polar surface area (TPSA) is 45.4 Å². The summed E-state index contributed by atoms with van der Waals surface area (Å²) in [6, 6.07) is 0. The molecule has 0 aromatic carbocycles. The Balaban J connectivity index is 3.45. The number of hydrogen-bond donors (Lipinski definition) is 2. The van der Waals surface area contributed by atoms with Gasteiger partial charge in [0, 0.05) is 5.46 Å². The Kier molecular flexibility index (Phi) is 5.09. The quantitative estimate of drug-likeness (QED) is 0.815. The van der Waals surface area contributed by atoms with E-state index >= 15 is 0 Å². The summed E-state index contributed by atoms with van der Waals surface area (Å²) in [5, 5.41) is 18.9. The Morgan fingerprint density at radius 3 is 1.63 bits per heavy atom. The number of aromatic nitrogens is 1. The maximum atomic E-state index is 9.46. The normalized spacial score (nSPS) is 12.8. The highest BCUT2D eigenvalue weighted by atomic mass is 28.3. The highest BCUT2D eigenvalue weighted by molar-refractivity contribution is 6.82. The van der Waals surface area contributed by atoms with Crippen LogP contribution in [0.25, 0.3) is 0 Å². The van der Waals surface area contributed by atoms with Crippen LogP contribution in [0.2, 0.25) is 16.6 Å². The number of aryl methyl sites for hydroxylation is 1. The van der Waals surface area contributed by atoms with Crippen molar-refractivity contribution >= 4 is 20.8 Å². The summed E-state index contributed by atoms with van der Waals surface area (Å²) < 4.78 is 2.34. The maximum Gasteiger partial charge on any atom is 0.490 e. The van der Waals surface area contributed by atoms with Gasteiger partial charge in [-0.2, -0.15) is 0 Å². The molecule has 0 aliphatic heterocycles. The predicted molar refractivity (Wildman–Crippen MR) is 85.4 cm³/mol. The zero-order valence-corrected chi connectivity index (χ0v) is 14.3. The van der Waals surface area contributed by atoms with Crippen molar-refractivity contribution < 1.29 is 10.0 Å². The molecule has 0 aliphatic carbocycles. The zero-order valence-electron chi connectivity index (χ0n) is 13.3. The monoisotopic (exact) mass is 281 g/mol. The third-order valence-corrected chi connectivity index (χ3v) is 11.3. The van der Waals surface area contributed by atoms with Crippen LogP contribution in [0.4, 0.5) is 0 Å². The SMILES string of the molecule is Cc1cn([Si](C(C)C)(C(C)C)C(C)C)cc1B(O)O. The fourth-order valence-corrected chi connectivity index (χ4v) is 10.5. The van der Waals surface area contributed by atoms with Crippen molar-refractivity contribution in [1.82, 2.24) is 4.23 Å². The highest BCUT2D eigenvalue weighted by Crippen LogP contribution is 2.42. The second-order valence-corrected chi connectivity index (χ2v) is 12.3. The first-order valence-electron chi connectivity index (χ1n) is 7.20. The van der Waals surface area contributed by atoms with E-state index in [0.717, 1.165) is 5.56 Å². The zero-order chi connectivity index (χ0) is 15.0. The summed E-state index contributed by atoms with van der Waals surface area (Å²) in [6.07, 6.45) is 4.08. The van der Waals surface area contributed by atoms with Crippen LogP contribution in [0.3, 0.4) is 0 Å². The van der Waals surface area contributed by atoms with Gasteiger partial charge in [0.05, 0.1) is 0 Å². The van der Waals surface area contributed by atoms with Crippen molar-refractivity contribution in [3.05, 3.63) is 18.0 Å². The smallest absolute Gasteiger partial charge is 0.423 e. The first-order chi connectivity index (χ1) is 8.65. The first-order valence-corrected chi connectivity index (χ1v) is 9.38.